The van der Waals surface area contributed by atoms with E-state index in [2.05, 4.69) is 15.7 Å². The van der Waals surface area contributed by atoms with E-state index < -0.39 is 17.8 Å². The number of carbonyl (C=O) groups is 2. The summed E-state index contributed by atoms with van der Waals surface area (Å²) in [5.74, 6) is -1.90. The number of aromatic carboxylic acids is 1. The second kappa shape index (κ2) is 6.51. The summed E-state index contributed by atoms with van der Waals surface area (Å²) in [6, 6.07) is 4.31. The van der Waals surface area contributed by atoms with E-state index in [9.17, 15) is 14.0 Å². The summed E-state index contributed by atoms with van der Waals surface area (Å²) in [7, 11) is 0. The third kappa shape index (κ3) is 4.03. The number of nitrogens with zero attached hydrogens (tertiary/aromatic N) is 2. The van der Waals surface area contributed by atoms with Crippen LogP contribution in [0.25, 0.3) is 0 Å². The number of rotatable bonds is 5. The van der Waals surface area contributed by atoms with Gasteiger partial charge in [-0.2, -0.15) is 5.10 Å². The molecule has 1 aromatic heterocycles. The molecule has 0 bridgehead atoms. The summed E-state index contributed by atoms with van der Waals surface area (Å²) >= 11 is 0. The molecule has 0 aliphatic carbocycles. The van der Waals surface area contributed by atoms with Crippen LogP contribution in [-0.4, -0.2) is 33.4 Å². The molecule has 2 amide bonds. The number of nitrogens with one attached hydrogen (secondary N) is 2. The fraction of sp³-hybridized carbons (Fsp3) is 0.154. The zero-order valence-electron chi connectivity index (χ0n) is 10.9. The Balaban J connectivity index is 1.90. The standard InChI is InChI=1S/C13H13FN4O3/c14-10-3-2-9(12(19)20)8-11(10)17-13(21)15-5-7-18-6-1-4-16-18/h1-4,6,8H,5,7H2,(H,19,20)(H2,15,17,21). The number of hydrogen-bond acceptors (Lipinski definition) is 3. The number of carbonyl (C=O) groups excluding carboxylic acids is 1. The van der Waals surface area contributed by atoms with Gasteiger partial charge in [-0.3, -0.25) is 4.68 Å². The van der Waals surface area contributed by atoms with Crippen molar-refractivity contribution < 1.29 is 19.1 Å². The Morgan fingerprint density at radius 2 is 2.19 bits per heavy atom. The van der Waals surface area contributed by atoms with Gasteiger partial charge in [-0.25, -0.2) is 14.0 Å². The lowest BCUT2D eigenvalue weighted by Gasteiger charge is -2.09. The van der Waals surface area contributed by atoms with E-state index in [-0.39, 0.29) is 11.3 Å². The fourth-order valence-electron chi connectivity index (χ4n) is 1.64. The first-order valence-corrected chi connectivity index (χ1v) is 6.11. The van der Waals surface area contributed by atoms with Crippen molar-refractivity contribution in [3.8, 4) is 0 Å². The number of hydrogen-bond donors (Lipinski definition) is 3. The molecule has 3 N–H and O–H groups in total. The van der Waals surface area contributed by atoms with Crippen LogP contribution >= 0.6 is 0 Å². The van der Waals surface area contributed by atoms with Crippen molar-refractivity contribution in [2.45, 2.75) is 6.54 Å². The van der Waals surface area contributed by atoms with Gasteiger partial charge in [-0.05, 0) is 24.3 Å². The van der Waals surface area contributed by atoms with Crippen LogP contribution in [0.3, 0.4) is 0 Å². The minimum absolute atomic E-state index is 0.108. The van der Waals surface area contributed by atoms with Crippen molar-refractivity contribution >= 4 is 17.7 Å². The summed E-state index contributed by atoms with van der Waals surface area (Å²) in [6.45, 7) is 0.770. The Labute approximate surface area is 119 Å². The molecule has 1 heterocycles. The van der Waals surface area contributed by atoms with Crippen LogP contribution in [0.15, 0.2) is 36.7 Å². The third-order valence-corrected chi connectivity index (χ3v) is 2.65. The van der Waals surface area contributed by atoms with Crippen LogP contribution in [0.5, 0.6) is 0 Å². The number of benzene rings is 1. The zero-order valence-corrected chi connectivity index (χ0v) is 10.9. The van der Waals surface area contributed by atoms with E-state index in [4.69, 9.17) is 5.11 Å². The molecule has 0 atom stereocenters. The normalized spacial score (nSPS) is 10.1. The lowest BCUT2D eigenvalue weighted by molar-refractivity contribution is 0.0697. The Morgan fingerprint density at radius 1 is 1.38 bits per heavy atom. The Bertz CT molecular complexity index is 643. The van der Waals surface area contributed by atoms with Gasteiger partial charge in [0.1, 0.15) is 5.82 Å². The quantitative estimate of drug-likeness (QED) is 0.779. The van der Waals surface area contributed by atoms with Crippen LogP contribution in [0.2, 0.25) is 0 Å². The zero-order chi connectivity index (χ0) is 15.2. The first kappa shape index (κ1) is 14.5. The Hall–Kier alpha value is -2.90. The predicted octanol–water partition coefficient (Wildman–Crippen LogP) is 1.54. The van der Waals surface area contributed by atoms with Gasteiger partial charge in [0, 0.05) is 18.9 Å². The van der Waals surface area contributed by atoms with Crippen LogP contribution in [0.1, 0.15) is 10.4 Å². The minimum Gasteiger partial charge on any atom is -0.478 e. The first-order chi connectivity index (χ1) is 10.1. The smallest absolute Gasteiger partial charge is 0.335 e. The van der Waals surface area contributed by atoms with E-state index >= 15 is 0 Å². The average molecular weight is 292 g/mol. The monoisotopic (exact) mass is 292 g/mol. The summed E-state index contributed by atoms with van der Waals surface area (Å²) in [6.07, 6.45) is 3.36. The maximum atomic E-state index is 13.5. The number of halogens is 1. The highest BCUT2D eigenvalue weighted by molar-refractivity contribution is 5.93. The van der Waals surface area contributed by atoms with Gasteiger partial charge < -0.3 is 15.7 Å². The number of carboxylic acids is 1. The lowest BCUT2D eigenvalue weighted by atomic mass is 10.2. The van der Waals surface area contributed by atoms with Crippen molar-refractivity contribution in [2.75, 3.05) is 11.9 Å². The highest BCUT2D eigenvalue weighted by Gasteiger charge is 2.10. The average Bonchev–Trinajstić information content (AvgIpc) is 2.94. The van der Waals surface area contributed by atoms with Gasteiger partial charge in [-0.15, -0.1) is 0 Å². The van der Waals surface area contributed by atoms with E-state index in [1.165, 1.54) is 0 Å². The number of carboxylic acid groups (broad SMARTS) is 1. The van der Waals surface area contributed by atoms with E-state index in [1.807, 2.05) is 0 Å². The molecule has 2 rings (SSSR count). The first-order valence-electron chi connectivity index (χ1n) is 6.11. The van der Waals surface area contributed by atoms with Crippen molar-refractivity contribution in [2.24, 2.45) is 0 Å². The maximum Gasteiger partial charge on any atom is 0.335 e. The Morgan fingerprint density at radius 3 is 2.86 bits per heavy atom. The number of aromatic nitrogens is 2. The molecule has 0 aliphatic rings. The second-order valence-electron chi connectivity index (χ2n) is 4.15. The van der Waals surface area contributed by atoms with Crippen molar-refractivity contribution in [1.29, 1.82) is 0 Å². The molecule has 0 spiro atoms. The molecule has 8 heteroatoms. The van der Waals surface area contributed by atoms with Crippen LogP contribution in [-0.2, 0) is 6.54 Å². The van der Waals surface area contributed by atoms with E-state index in [1.54, 1.807) is 23.1 Å². The molecule has 7 nitrogen and oxygen atoms in total. The summed E-state index contributed by atoms with van der Waals surface area (Å²) in [4.78, 5) is 22.4. The second-order valence-corrected chi connectivity index (χ2v) is 4.15. The number of amides is 2. The highest BCUT2D eigenvalue weighted by atomic mass is 19.1. The molecule has 0 unspecified atom stereocenters. The number of anilines is 1. The summed E-state index contributed by atoms with van der Waals surface area (Å²) in [5, 5.41) is 17.6. The van der Waals surface area contributed by atoms with E-state index in [0.717, 1.165) is 18.2 Å². The fourth-order valence-corrected chi connectivity index (χ4v) is 1.64. The van der Waals surface area contributed by atoms with Crippen LogP contribution < -0.4 is 10.6 Å². The summed E-state index contributed by atoms with van der Waals surface area (Å²) < 4.78 is 15.1. The summed E-state index contributed by atoms with van der Waals surface area (Å²) in [5.41, 5.74) is -0.297. The molecule has 0 fully saturated rings. The molecular formula is C13H13FN4O3. The van der Waals surface area contributed by atoms with Gasteiger partial charge in [0.15, 0.2) is 0 Å². The lowest BCUT2D eigenvalue weighted by Crippen LogP contribution is -2.32. The topological polar surface area (TPSA) is 96.3 Å². The van der Waals surface area contributed by atoms with Gasteiger partial charge in [0.25, 0.3) is 0 Å². The highest BCUT2D eigenvalue weighted by Crippen LogP contribution is 2.16. The molecule has 0 aliphatic heterocycles. The molecule has 0 radical (unpaired) electrons. The van der Waals surface area contributed by atoms with Crippen LogP contribution in [0.4, 0.5) is 14.9 Å². The van der Waals surface area contributed by atoms with Gasteiger partial charge in [0.05, 0.1) is 17.8 Å². The number of urea groups is 1. The minimum atomic E-state index is -1.20. The van der Waals surface area contributed by atoms with E-state index in [0.29, 0.717) is 13.1 Å². The molecular weight excluding hydrogens is 279 g/mol. The largest absolute Gasteiger partial charge is 0.478 e. The predicted molar refractivity (Wildman–Crippen MR) is 72.6 cm³/mol. The third-order valence-electron chi connectivity index (χ3n) is 2.65. The molecule has 21 heavy (non-hydrogen) atoms. The molecule has 0 saturated carbocycles. The van der Waals surface area contributed by atoms with Crippen molar-refractivity contribution in [3.63, 3.8) is 0 Å². The Kier molecular flexibility index (Phi) is 4.50. The van der Waals surface area contributed by atoms with Gasteiger partial charge >= 0.3 is 12.0 Å². The van der Waals surface area contributed by atoms with Crippen molar-refractivity contribution in [3.05, 3.63) is 48.0 Å². The van der Waals surface area contributed by atoms with Crippen LogP contribution in [0, 0.1) is 5.82 Å². The van der Waals surface area contributed by atoms with Gasteiger partial charge in [-0.1, -0.05) is 0 Å². The SMILES string of the molecule is O=C(NCCn1cccn1)Nc1cc(C(=O)O)ccc1F. The molecule has 1 aromatic carbocycles. The maximum absolute atomic E-state index is 13.5. The van der Waals surface area contributed by atoms with Gasteiger partial charge in [0.2, 0.25) is 0 Å². The molecule has 2 aromatic rings. The molecule has 110 valence electrons. The molecule has 0 saturated heterocycles. The van der Waals surface area contributed by atoms with Crippen molar-refractivity contribution in [1.82, 2.24) is 15.1 Å².